The van der Waals surface area contributed by atoms with E-state index in [1.54, 1.807) is 0 Å². The summed E-state index contributed by atoms with van der Waals surface area (Å²) >= 11 is 0. The first-order valence-corrected chi connectivity index (χ1v) is 4.28. The minimum atomic E-state index is 0.514. The molecule has 2 rings (SSSR count). The van der Waals surface area contributed by atoms with E-state index in [0.29, 0.717) is 6.04 Å². The van der Waals surface area contributed by atoms with E-state index in [0.717, 1.165) is 0 Å². The summed E-state index contributed by atoms with van der Waals surface area (Å²) in [5.41, 5.74) is 0. The van der Waals surface area contributed by atoms with Gasteiger partial charge in [0.25, 0.3) is 0 Å². The van der Waals surface area contributed by atoms with Gasteiger partial charge in [-0.25, -0.2) is 0 Å². The molecule has 1 aromatic rings. The Morgan fingerprint density at radius 2 is 1.83 bits per heavy atom. The van der Waals surface area contributed by atoms with Crippen LogP contribution in [0, 0.1) is 0 Å². The molecule has 0 bridgehead atoms. The van der Waals surface area contributed by atoms with Crippen LogP contribution in [0.25, 0.3) is 12.3 Å². The van der Waals surface area contributed by atoms with Crippen LogP contribution in [0.2, 0.25) is 0 Å². The van der Waals surface area contributed by atoms with Crippen molar-refractivity contribution < 1.29 is 0 Å². The highest BCUT2D eigenvalue weighted by molar-refractivity contribution is 5.40. The molecule has 0 aromatic heterocycles. The minimum Gasteiger partial charge on any atom is -0.374 e. The molecule has 1 nitrogen and oxygen atoms in total. The van der Waals surface area contributed by atoms with E-state index in [2.05, 4.69) is 55.4 Å². The molecule has 1 aliphatic rings. The predicted molar refractivity (Wildman–Crippen MR) is 51.8 cm³/mol. The summed E-state index contributed by atoms with van der Waals surface area (Å²) in [7, 11) is 2.11. The van der Waals surface area contributed by atoms with Crippen LogP contribution < -0.4 is 10.4 Å². The zero-order valence-electron chi connectivity index (χ0n) is 7.49. The molecule has 0 saturated heterocycles. The van der Waals surface area contributed by atoms with Gasteiger partial charge in [-0.1, -0.05) is 30.3 Å². The molecule has 1 unspecified atom stereocenters. The average molecular weight is 159 g/mol. The third kappa shape index (κ3) is 1.11. The molecule has 0 radical (unpaired) electrons. The zero-order valence-corrected chi connectivity index (χ0v) is 7.49. The molecule has 1 atom stereocenters. The van der Waals surface area contributed by atoms with E-state index in [1.807, 2.05) is 0 Å². The molecule has 0 N–H and O–H groups in total. The lowest BCUT2D eigenvalue weighted by Gasteiger charge is -2.22. The van der Waals surface area contributed by atoms with Gasteiger partial charge in [0.1, 0.15) is 0 Å². The van der Waals surface area contributed by atoms with Crippen molar-refractivity contribution in [1.29, 1.82) is 0 Å². The maximum Gasteiger partial charge on any atom is 0.0445 e. The van der Waals surface area contributed by atoms with Crippen molar-refractivity contribution >= 4 is 12.3 Å². The maximum absolute atomic E-state index is 2.29. The molecule has 1 heteroatoms. The number of benzene rings is 1. The van der Waals surface area contributed by atoms with Crippen molar-refractivity contribution in [2.75, 3.05) is 7.05 Å². The Morgan fingerprint density at radius 3 is 2.58 bits per heavy atom. The first-order chi connectivity index (χ1) is 5.77. The van der Waals surface area contributed by atoms with Gasteiger partial charge in [0.15, 0.2) is 0 Å². The molecule has 0 saturated carbocycles. The standard InChI is InChI=1S/C11H13N/c1-9-7-10-5-3-4-6-11(10)8-12(9)2/h3-9H,1-2H3. The lowest BCUT2D eigenvalue weighted by atomic mass is 10.1. The highest BCUT2D eigenvalue weighted by Crippen LogP contribution is 1.99. The lowest BCUT2D eigenvalue weighted by Crippen LogP contribution is -2.37. The Labute approximate surface area is 72.6 Å². The molecule has 62 valence electrons. The maximum atomic E-state index is 2.29. The van der Waals surface area contributed by atoms with Crippen LogP contribution >= 0.6 is 0 Å². The van der Waals surface area contributed by atoms with Crippen LogP contribution in [0.5, 0.6) is 0 Å². The molecule has 1 aliphatic heterocycles. The van der Waals surface area contributed by atoms with E-state index in [-0.39, 0.29) is 0 Å². The van der Waals surface area contributed by atoms with Crippen LogP contribution in [-0.4, -0.2) is 18.0 Å². The van der Waals surface area contributed by atoms with E-state index < -0.39 is 0 Å². The molecule has 0 aliphatic carbocycles. The van der Waals surface area contributed by atoms with Gasteiger partial charge in [-0.15, -0.1) is 0 Å². The van der Waals surface area contributed by atoms with Crippen molar-refractivity contribution in [2.24, 2.45) is 0 Å². The number of nitrogens with zero attached hydrogens (tertiary/aromatic N) is 1. The quantitative estimate of drug-likeness (QED) is 0.534. The Kier molecular flexibility index (Phi) is 1.65. The van der Waals surface area contributed by atoms with E-state index in [9.17, 15) is 0 Å². The third-order valence-corrected chi connectivity index (χ3v) is 2.40. The van der Waals surface area contributed by atoms with Crippen LogP contribution in [-0.2, 0) is 0 Å². The number of hydrogen-bond donors (Lipinski definition) is 0. The molecule has 0 fully saturated rings. The number of hydrogen-bond acceptors (Lipinski definition) is 1. The van der Waals surface area contributed by atoms with Gasteiger partial charge >= 0.3 is 0 Å². The smallest absolute Gasteiger partial charge is 0.0445 e. The molecular formula is C11H13N. The molecule has 1 aromatic carbocycles. The highest BCUT2D eigenvalue weighted by atomic mass is 15.1. The van der Waals surface area contributed by atoms with Crippen molar-refractivity contribution in [1.82, 2.24) is 4.90 Å². The first kappa shape index (κ1) is 7.41. The fourth-order valence-corrected chi connectivity index (χ4v) is 1.49. The van der Waals surface area contributed by atoms with Gasteiger partial charge in [-0.2, -0.15) is 0 Å². The predicted octanol–water partition coefficient (Wildman–Crippen LogP) is 0.539. The van der Waals surface area contributed by atoms with Crippen molar-refractivity contribution in [3.8, 4) is 0 Å². The van der Waals surface area contributed by atoms with Gasteiger partial charge in [0.2, 0.25) is 0 Å². The molecule has 0 amide bonds. The first-order valence-electron chi connectivity index (χ1n) is 4.28. The summed E-state index contributed by atoms with van der Waals surface area (Å²) in [6.45, 7) is 2.20. The van der Waals surface area contributed by atoms with Crippen LogP contribution in [0.15, 0.2) is 24.3 Å². The Bertz CT molecular complexity index is 353. The van der Waals surface area contributed by atoms with Gasteiger partial charge in [0, 0.05) is 19.3 Å². The average Bonchev–Trinajstić information content (AvgIpc) is 2.07. The van der Waals surface area contributed by atoms with E-state index >= 15 is 0 Å². The number of rotatable bonds is 0. The van der Waals surface area contributed by atoms with Gasteiger partial charge in [-0.05, 0) is 17.4 Å². The monoisotopic (exact) mass is 159 g/mol. The van der Waals surface area contributed by atoms with E-state index in [1.165, 1.54) is 10.4 Å². The van der Waals surface area contributed by atoms with Crippen LogP contribution in [0.4, 0.5) is 0 Å². The second-order valence-electron chi connectivity index (χ2n) is 3.33. The summed E-state index contributed by atoms with van der Waals surface area (Å²) in [5.74, 6) is 0. The van der Waals surface area contributed by atoms with Gasteiger partial charge < -0.3 is 4.90 Å². The van der Waals surface area contributed by atoms with Crippen molar-refractivity contribution in [3.05, 3.63) is 34.7 Å². The van der Waals surface area contributed by atoms with Crippen molar-refractivity contribution in [3.63, 3.8) is 0 Å². The summed E-state index contributed by atoms with van der Waals surface area (Å²) in [5, 5.41) is 2.67. The molecular weight excluding hydrogens is 146 g/mol. The van der Waals surface area contributed by atoms with Crippen LogP contribution in [0.1, 0.15) is 6.92 Å². The summed E-state index contributed by atoms with van der Waals surface area (Å²) in [6, 6.07) is 8.98. The summed E-state index contributed by atoms with van der Waals surface area (Å²) < 4.78 is 0. The molecule has 1 heterocycles. The fourth-order valence-electron chi connectivity index (χ4n) is 1.49. The highest BCUT2D eigenvalue weighted by Gasteiger charge is 2.04. The Balaban J connectivity index is 2.70. The minimum absolute atomic E-state index is 0.514. The van der Waals surface area contributed by atoms with Crippen LogP contribution in [0.3, 0.4) is 0 Å². The normalized spacial score (nSPS) is 20.8. The second-order valence-corrected chi connectivity index (χ2v) is 3.33. The zero-order chi connectivity index (χ0) is 8.55. The topological polar surface area (TPSA) is 3.24 Å². The third-order valence-electron chi connectivity index (χ3n) is 2.40. The van der Waals surface area contributed by atoms with Gasteiger partial charge in [-0.3, -0.25) is 0 Å². The Morgan fingerprint density at radius 1 is 1.17 bits per heavy atom. The fraction of sp³-hybridized carbons (Fsp3) is 0.273. The Hall–Kier alpha value is -1.24. The molecule has 0 spiro atoms. The van der Waals surface area contributed by atoms with Gasteiger partial charge in [0.05, 0.1) is 0 Å². The summed E-state index contributed by atoms with van der Waals surface area (Å²) in [6.07, 6.45) is 4.48. The number of fused-ring (bicyclic) bond motifs is 1. The van der Waals surface area contributed by atoms with E-state index in [4.69, 9.17) is 0 Å². The van der Waals surface area contributed by atoms with Crippen molar-refractivity contribution in [2.45, 2.75) is 13.0 Å². The SMILES string of the molecule is CC1C=c2ccccc2=CN1C. The second kappa shape index (κ2) is 2.67. The summed E-state index contributed by atoms with van der Waals surface area (Å²) in [4.78, 5) is 2.22. The lowest BCUT2D eigenvalue weighted by molar-refractivity contribution is 0.457. The largest absolute Gasteiger partial charge is 0.374 e. The molecule has 12 heavy (non-hydrogen) atoms.